The number of nitrogens with two attached hydrogens (primary N) is 1. The first-order chi connectivity index (χ1) is 9.61. The molecule has 1 fully saturated rings. The number of nitro groups is 1. The molecule has 0 heterocycles. The van der Waals surface area contributed by atoms with Crippen LogP contribution < -0.4 is 10.1 Å². The highest BCUT2D eigenvalue weighted by Crippen LogP contribution is 2.24. The molecule has 0 radical (unpaired) electrons. The second-order valence-electron chi connectivity index (χ2n) is 5.62. The lowest BCUT2D eigenvalue weighted by atomic mass is 9.86. The van der Waals surface area contributed by atoms with Crippen molar-refractivity contribution < 1.29 is 15.0 Å². The van der Waals surface area contributed by atoms with E-state index in [4.69, 9.17) is 4.74 Å². The lowest BCUT2D eigenvalue weighted by molar-refractivity contribution is -0.712. The topological polar surface area (TPSA) is 69.0 Å². The van der Waals surface area contributed by atoms with Crippen molar-refractivity contribution in [3.63, 3.8) is 0 Å². The van der Waals surface area contributed by atoms with Gasteiger partial charge in [-0.05, 0) is 25.3 Å². The zero-order valence-corrected chi connectivity index (χ0v) is 12.2. The van der Waals surface area contributed by atoms with Crippen LogP contribution in [0.2, 0.25) is 0 Å². The fourth-order valence-corrected chi connectivity index (χ4v) is 3.01. The standard InChI is InChI=1S/C15H22N2O3/c1-11-5-3-4-6-14(11)16-10-12-9-13(17(18)19)7-8-15(12)20-2/h7-9,11,14,16H,3-6,10H2,1-2H3/p+1/t11-,14+/m1/s1. The Kier molecular flexibility index (Phi) is 4.95. The van der Waals surface area contributed by atoms with Crippen LogP contribution in [0.4, 0.5) is 5.69 Å². The number of benzene rings is 1. The van der Waals surface area contributed by atoms with Gasteiger partial charge in [0.05, 0.1) is 23.6 Å². The van der Waals surface area contributed by atoms with Crippen LogP contribution >= 0.6 is 0 Å². The third-order valence-corrected chi connectivity index (χ3v) is 4.29. The van der Waals surface area contributed by atoms with Gasteiger partial charge in [-0.25, -0.2) is 0 Å². The molecule has 1 aromatic carbocycles. The first-order valence-electron chi connectivity index (χ1n) is 7.26. The van der Waals surface area contributed by atoms with Crippen LogP contribution in [0.15, 0.2) is 18.2 Å². The molecule has 2 N–H and O–H groups in total. The number of nitro benzene ring substituents is 1. The fourth-order valence-electron chi connectivity index (χ4n) is 3.01. The molecule has 1 aromatic rings. The lowest BCUT2D eigenvalue weighted by Crippen LogP contribution is -2.90. The van der Waals surface area contributed by atoms with E-state index in [9.17, 15) is 10.1 Å². The van der Waals surface area contributed by atoms with E-state index in [1.807, 2.05) is 0 Å². The number of quaternary nitrogens is 1. The molecule has 0 unspecified atom stereocenters. The van der Waals surface area contributed by atoms with Gasteiger partial charge in [0.15, 0.2) is 0 Å². The molecule has 0 spiro atoms. The van der Waals surface area contributed by atoms with Gasteiger partial charge in [0, 0.05) is 18.1 Å². The Labute approximate surface area is 119 Å². The Bertz CT molecular complexity index is 476. The van der Waals surface area contributed by atoms with E-state index in [2.05, 4.69) is 12.2 Å². The monoisotopic (exact) mass is 279 g/mol. The third kappa shape index (κ3) is 3.48. The number of methoxy groups -OCH3 is 1. The molecule has 20 heavy (non-hydrogen) atoms. The molecule has 110 valence electrons. The minimum atomic E-state index is -0.355. The minimum absolute atomic E-state index is 0.130. The van der Waals surface area contributed by atoms with Crippen LogP contribution in [-0.2, 0) is 6.54 Å². The maximum atomic E-state index is 10.9. The minimum Gasteiger partial charge on any atom is -0.496 e. The predicted molar refractivity (Wildman–Crippen MR) is 76.7 cm³/mol. The van der Waals surface area contributed by atoms with E-state index < -0.39 is 0 Å². The van der Waals surface area contributed by atoms with Gasteiger partial charge < -0.3 is 10.1 Å². The van der Waals surface area contributed by atoms with E-state index in [-0.39, 0.29) is 10.6 Å². The molecule has 2 atom stereocenters. The van der Waals surface area contributed by atoms with Gasteiger partial charge in [-0.3, -0.25) is 10.1 Å². The quantitative estimate of drug-likeness (QED) is 0.664. The van der Waals surface area contributed by atoms with Crippen molar-refractivity contribution in [2.24, 2.45) is 5.92 Å². The van der Waals surface area contributed by atoms with Crippen molar-refractivity contribution in [2.75, 3.05) is 7.11 Å². The van der Waals surface area contributed by atoms with Crippen LogP contribution in [0.5, 0.6) is 5.75 Å². The van der Waals surface area contributed by atoms with E-state index in [0.717, 1.165) is 17.9 Å². The van der Waals surface area contributed by atoms with Crippen molar-refractivity contribution in [1.82, 2.24) is 0 Å². The Hall–Kier alpha value is -1.62. The summed E-state index contributed by atoms with van der Waals surface area (Å²) in [5, 5.41) is 13.2. The van der Waals surface area contributed by atoms with Crippen LogP contribution in [0.25, 0.3) is 0 Å². The first-order valence-corrected chi connectivity index (χ1v) is 7.26. The molecule has 5 heteroatoms. The smallest absolute Gasteiger partial charge is 0.270 e. The van der Waals surface area contributed by atoms with Crippen LogP contribution in [-0.4, -0.2) is 18.1 Å². The van der Waals surface area contributed by atoms with Crippen LogP contribution in [0.1, 0.15) is 38.2 Å². The molecular formula is C15H23N2O3+. The number of ether oxygens (including phenoxy) is 1. The number of rotatable bonds is 5. The highest BCUT2D eigenvalue weighted by Gasteiger charge is 2.24. The zero-order chi connectivity index (χ0) is 14.5. The summed E-state index contributed by atoms with van der Waals surface area (Å²) in [5.41, 5.74) is 1.03. The molecule has 0 saturated heterocycles. The molecule has 1 aliphatic carbocycles. The van der Waals surface area contributed by atoms with Gasteiger partial charge in [0.2, 0.25) is 0 Å². The predicted octanol–water partition coefficient (Wildman–Crippen LogP) is 2.25. The highest BCUT2D eigenvalue weighted by molar-refractivity contribution is 5.43. The third-order valence-electron chi connectivity index (χ3n) is 4.29. The van der Waals surface area contributed by atoms with E-state index >= 15 is 0 Å². The number of nitrogens with zero attached hydrogens (tertiary/aromatic N) is 1. The highest BCUT2D eigenvalue weighted by atomic mass is 16.6. The van der Waals surface area contributed by atoms with Gasteiger partial charge in [0.25, 0.3) is 5.69 Å². The van der Waals surface area contributed by atoms with Crippen LogP contribution in [0.3, 0.4) is 0 Å². The number of non-ortho nitro benzene ring substituents is 1. The van der Waals surface area contributed by atoms with E-state index in [1.165, 1.54) is 31.7 Å². The second kappa shape index (κ2) is 6.70. The maximum Gasteiger partial charge on any atom is 0.270 e. The van der Waals surface area contributed by atoms with Crippen molar-refractivity contribution >= 4 is 5.69 Å². The van der Waals surface area contributed by atoms with E-state index in [0.29, 0.717) is 12.0 Å². The van der Waals surface area contributed by atoms with Crippen molar-refractivity contribution in [1.29, 1.82) is 0 Å². The van der Waals surface area contributed by atoms with Gasteiger partial charge in [-0.15, -0.1) is 0 Å². The Balaban J connectivity index is 2.07. The summed E-state index contributed by atoms with van der Waals surface area (Å²) in [5.74, 6) is 1.45. The lowest BCUT2D eigenvalue weighted by Gasteiger charge is -2.26. The van der Waals surface area contributed by atoms with E-state index in [1.54, 1.807) is 19.2 Å². The Morgan fingerprint density at radius 2 is 2.15 bits per heavy atom. The fraction of sp³-hybridized carbons (Fsp3) is 0.600. The summed E-state index contributed by atoms with van der Waals surface area (Å²) in [7, 11) is 1.61. The van der Waals surface area contributed by atoms with Crippen molar-refractivity contribution in [2.45, 2.75) is 45.2 Å². The van der Waals surface area contributed by atoms with Gasteiger partial charge in [0.1, 0.15) is 12.3 Å². The summed E-state index contributed by atoms with van der Waals surface area (Å²) in [4.78, 5) is 10.5. The van der Waals surface area contributed by atoms with Crippen molar-refractivity contribution in [3.8, 4) is 5.75 Å². The molecule has 2 rings (SSSR count). The average molecular weight is 279 g/mol. The molecule has 5 nitrogen and oxygen atoms in total. The average Bonchev–Trinajstić information content (AvgIpc) is 2.46. The molecule has 0 bridgehead atoms. The first kappa shape index (κ1) is 14.8. The van der Waals surface area contributed by atoms with Gasteiger partial charge in [-0.2, -0.15) is 0 Å². The normalized spacial score (nSPS) is 22.5. The number of hydrogen-bond donors (Lipinski definition) is 1. The molecule has 1 aliphatic rings. The molecule has 0 amide bonds. The van der Waals surface area contributed by atoms with Crippen LogP contribution in [0, 0.1) is 16.0 Å². The van der Waals surface area contributed by atoms with Gasteiger partial charge in [-0.1, -0.05) is 13.3 Å². The largest absolute Gasteiger partial charge is 0.496 e. The summed E-state index contributed by atoms with van der Waals surface area (Å²) in [6.45, 7) is 3.03. The SMILES string of the molecule is COc1ccc([N+](=O)[O-])cc1C[NH2+][C@H]1CCCC[C@H]1C. The van der Waals surface area contributed by atoms with Crippen molar-refractivity contribution in [3.05, 3.63) is 33.9 Å². The van der Waals surface area contributed by atoms with Gasteiger partial charge >= 0.3 is 0 Å². The second-order valence-corrected chi connectivity index (χ2v) is 5.62. The molecule has 0 aromatic heterocycles. The molecular weight excluding hydrogens is 256 g/mol. The maximum absolute atomic E-state index is 10.9. The zero-order valence-electron chi connectivity index (χ0n) is 12.2. The summed E-state index contributed by atoms with van der Waals surface area (Å²) < 4.78 is 5.30. The molecule has 0 aliphatic heterocycles. The summed E-state index contributed by atoms with van der Waals surface area (Å²) in [6.07, 6.45) is 5.13. The summed E-state index contributed by atoms with van der Waals surface area (Å²) in [6, 6.07) is 5.42. The Morgan fingerprint density at radius 1 is 1.40 bits per heavy atom. The Morgan fingerprint density at radius 3 is 2.80 bits per heavy atom. The summed E-state index contributed by atoms with van der Waals surface area (Å²) >= 11 is 0. The number of hydrogen-bond acceptors (Lipinski definition) is 3. The molecule has 1 saturated carbocycles.